The first-order chi connectivity index (χ1) is 9.65. The molecule has 0 aliphatic carbocycles. The molecule has 1 aromatic carbocycles. The predicted molar refractivity (Wildman–Crippen MR) is 85.8 cm³/mol. The number of benzene rings is 1. The largest absolute Gasteiger partial charge is 0.293 e. The van der Waals surface area contributed by atoms with Crippen LogP contribution in [-0.4, -0.2) is 28.8 Å². The standard InChI is InChI=1S/C15H17NO2S2/c1-3-4-9-16-14(17)13(20-15(16)18)10-11-5-7-12(19-2)8-6-11/h5-8,10H,3-4,9H2,1-2H3. The third kappa shape index (κ3) is 3.46. The Kier molecular flexibility index (Phi) is 5.31. The summed E-state index contributed by atoms with van der Waals surface area (Å²) >= 11 is 2.71. The fourth-order valence-electron chi connectivity index (χ4n) is 1.86. The first-order valence-corrected chi connectivity index (χ1v) is 8.59. The van der Waals surface area contributed by atoms with Gasteiger partial charge in [0.1, 0.15) is 0 Å². The van der Waals surface area contributed by atoms with E-state index in [1.165, 1.54) is 9.80 Å². The molecule has 1 heterocycles. The lowest BCUT2D eigenvalue weighted by Gasteiger charge is -2.10. The van der Waals surface area contributed by atoms with Crippen molar-refractivity contribution in [3.63, 3.8) is 0 Å². The number of unbranched alkanes of at least 4 members (excludes halogenated alkanes) is 1. The molecule has 0 radical (unpaired) electrons. The van der Waals surface area contributed by atoms with Crippen molar-refractivity contribution in [1.29, 1.82) is 0 Å². The van der Waals surface area contributed by atoms with Crippen LogP contribution in [-0.2, 0) is 4.79 Å². The lowest BCUT2D eigenvalue weighted by Crippen LogP contribution is -2.29. The highest BCUT2D eigenvalue weighted by atomic mass is 32.2. The van der Waals surface area contributed by atoms with E-state index in [9.17, 15) is 9.59 Å². The van der Waals surface area contributed by atoms with Gasteiger partial charge in [0.25, 0.3) is 11.1 Å². The molecule has 5 heteroatoms. The van der Waals surface area contributed by atoms with Crippen LogP contribution >= 0.6 is 23.5 Å². The van der Waals surface area contributed by atoms with E-state index >= 15 is 0 Å². The summed E-state index contributed by atoms with van der Waals surface area (Å²) in [5.41, 5.74) is 0.948. The Bertz CT molecular complexity index is 537. The molecule has 1 aromatic rings. The van der Waals surface area contributed by atoms with E-state index in [4.69, 9.17) is 0 Å². The van der Waals surface area contributed by atoms with E-state index in [-0.39, 0.29) is 11.1 Å². The van der Waals surface area contributed by atoms with Crippen molar-refractivity contribution in [2.45, 2.75) is 24.7 Å². The van der Waals surface area contributed by atoms with Crippen molar-refractivity contribution < 1.29 is 9.59 Å². The number of hydrogen-bond acceptors (Lipinski definition) is 4. The summed E-state index contributed by atoms with van der Waals surface area (Å²) in [4.78, 5) is 27.0. The Balaban J connectivity index is 2.14. The number of thioether (sulfide) groups is 2. The quantitative estimate of drug-likeness (QED) is 0.602. The summed E-state index contributed by atoms with van der Waals surface area (Å²) in [6.45, 7) is 2.56. The van der Waals surface area contributed by atoms with Gasteiger partial charge in [-0.05, 0) is 48.2 Å². The van der Waals surface area contributed by atoms with Crippen LogP contribution in [0.15, 0.2) is 34.1 Å². The van der Waals surface area contributed by atoms with Gasteiger partial charge in [-0.3, -0.25) is 14.5 Å². The Morgan fingerprint density at radius 1 is 1.25 bits per heavy atom. The van der Waals surface area contributed by atoms with Crippen LogP contribution in [0.3, 0.4) is 0 Å². The van der Waals surface area contributed by atoms with Gasteiger partial charge >= 0.3 is 0 Å². The molecule has 2 amide bonds. The monoisotopic (exact) mass is 307 g/mol. The zero-order valence-electron chi connectivity index (χ0n) is 11.6. The molecule has 1 aliphatic heterocycles. The van der Waals surface area contributed by atoms with Gasteiger partial charge in [-0.2, -0.15) is 0 Å². The van der Waals surface area contributed by atoms with Gasteiger partial charge in [-0.25, -0.2) is 0 Å². The molecule has 1 saturated heterocycles. The third-order valence-electron chi connectivity index (χ3n) is 3.02. The fraction of sp³-hybridized carbons (Fsp3) is 0.333. The molecule has 0 atom stereocenters. The van der Waals surface area contributed by atoms with Crippen LogP contribution < -0.4 is 0 Å². The zero-order valence-corrected chi connectivity index (χ0v) is 13.2. The molecule has 0 saturated carbocycles. The Morgan fingerprint density at radius 3 is 2.55 bits per heavy atom. The fourth-order valence-corrected chi connectivity index (χ4v) is 3.13. The minimum atomic E-state index is -0.164. The third-order valence-corrected chi connectivity index (χ3v) is 4.67. The van der Waals surface area contributed by atoms with Crippen LogP contribution in [0.2, 0.25) is 0 Å². The average Bonchev–Trinajstić information content (AvgIpc) is 2.72. The summed E-state index contributed by atoms with van der Waals surface area (Å²) in [5.74, 6) is -0.164. The highest BCUT2D eigenvalue weighted by Gasteiger charge is 2.34. The molecule has 20 heavy (non-hydrogen) atoms. The van der Waals surface area contributed by atoms with Gasteiger partial charge in [0.15, 0.2) is 0 Å². The molecule has 3 nitrogen and oxygen atoms in total. The van der Waals surface area contributed by atoms with Crippen LogP contribution in [0.4, 0.5) is 4.79 Å². The van der Waals surface area contributed by atoms with Gasteiger partial charge in [-0.1, -0.05) is 25.5 Å². The minimum absolute atomic E-state index is 0.157. The first-order valence-electron chi connectivity index (χ1n) is 6.55. The molecule has 0 bridgehead atoms. The van der Waals surface area contributed by atoms with Gasteiger partial charge < -0.3 is 0 Å². The van der Waals surface area contributed by atoms with E-state index in [0.717, 1.165) is 30.2 Å². The highest BCUT2D eigenvalue weighted by Crippen LogP contribution is 2.32. The van der Waals surface area contributed by atoms with E-state index in [2.05, 4.69) is 0 Å². The van der Waals surface area contributed by atoms with E-state index in [1.54, 1.807) is 17.8 Å². The van der Waals surface area contributed by atoms with E-state index in [1.807, 2.05) is 37.4 Å². The SMILES string of the molecule is CCCCN1C(=O)SC(=Cc2ccc(SC)cc2)C1=O. The molecule has 2 rings (SSSR count). The Morgan fingerprint density at radius 2 is 1.95 bits per heavy atom. The zero-order chi connectivity index (χ0) is 14.5. The van der Waals surface area contributed by atoms with Crippen LogP contribution in [0.5, 0.6) is 0 Å². The number of hydrogen-bond donors (Lipinski definition) is 0. The maximum Gasteiger partial charge on any atom is 0.293 e. The van der Waals surface area contributed by atoms with Crippen LogP contribution in [0.25, 0.3) is 6.08 Å². The highest BCUT2D eigenvalue weighted by molar-refractivity contribution is 8.18. The normalized spacial score (nSPS) is 17.3. The topological polar surface area (TPSA) is 37.4 Å². The second-order valence-electron chi connectivity index (χ2n) is 4.46. The van der Waals surface area contributed by atoms with Crippen LogP contribution in [0, 0.1) is 0 Å². The summed E-state index contributed by atoms with van der Waals surface area (Å²) in [5, 5.41) is -0.157. The molecule has 0 aromatic heterocycles. The Labute approximate surface area is 127 Å². The second kappa shape index (κ2) is 6.99. The molecule has 1 aliphatic rings. The number of nitrogens with zero attached hydrogens (tertiary/aromatic N) is 1. The lowest BCUT2D eigenvalue weighted by molar-refractivity contribution is -0.122. The van der Waals surface area contributed by atoms with Crippen molar-refractivity contribution in [1.82, 2.24) is 4.90 Å². The summed E-state index contributed by atoms with van der Waals surface area (Å²) in [6, 6.07) is 7.95. The minimum Gasteiger partial charge on any atom is -0.268 e. The van der Waals surface area contributed by atoms with Crippen molar-refractivity contribution in [2.24, 2.45) is 0 Å². The molecule has 0 unspecified atom stereocenters. The average molecular weight is 307 g/mol. The number of amides is 2. The van der Waals surface area contributed by atoms with Crippen molar-refractivity contribution in [3.05, 3.63) is 34.7 Å². The van der Waals surface area contributed by atoms with Crippen molar-refractivity contribution >= 4 is 40.7 Å². The van der Waals surface area contributed by atoms with E-state index < -0.39 is 0 Å². The molecule has 0 N–H and O–H groups in total. The smallest absolute Gasteiger partial charge is 0.268 e. The Hall–Kier alpha value is -1.20. The van der Waals surface area contributed by atoms with Gasteiger partial charge in [0.05, 0.1) is 4.91 Å². The second-order valence-corrected chi connectivity index (χ2v) is 6.33. The van der Waals surface area contributed by atoms with Crippen molar-refractivity contribution in [2.75, 3.05) is 12.8 Å². The summed E-state index contributed by atoms with van der Waals surface area (Å²) < 4.78 is 0. The van der Waals surface area contributed by atoms with Crippen LogP contribution in [0.1, 0.15) is 25.3 Å². The maximum atomic E-state index is 12.2. The van der Waals surface area contributed by atoms with Gasteiger partial charge in [0.2, 0.25) is 0 Å². The van der Waals surface area contributed by atoms with Gasteiger partial charge in [-0.15, -0.1) is 11.8 Å². The molecule has 106 valence electrons. The number of carbonyl (C=O) groups excluding carboxylic acids is 2. The van der Waals surface area contributed by atoms with Gasteiger partial charge in [0, 0.05) is 11.4 Å². The maximum absolute atomic E-state index is 12.2. The summed E-state index contributed by atoms with van der Waals surface area (Å²) in [6.07, 6.45) is 5.64. The molecule has 1 fully saturated rings. The molecule has 0 spiro atoms. The first kappa shape index (κ1) is 15.2. The van der Waals surface area contributed by atoms with Crippen molar-refractivity contribution in [3.8, 4) is 0 Å². The summed E-state index contributed by atoms with van der Waals surface area (Å²) in [7, 11) is 0. The van der Waals surface area contributed by atoms with E-state index in [0.29, 0.717) is 11.4 Å². The number of rotatable bonds is 5. The predicted octanol–water partition coefficient (Wildman–Crippen LogP) is 4.24. The molecular formula is C15H17NO2S2. The lowest BCUT2D eigenvalue weighted by atomic mass is 10.2. The number of imide groups is 1. The number of carbonyl (C=O) groups is 2. The molecular weight excluding hydrogens is 290 g/mol.